The van der Waals surface area contributed by atoms with Crippen molar-refractivity contribution in [3.05, 3.63) is 51.7 Å². The van der Waals surface area contributed by atoms with Gasteiger partial charge in [0.2, 0.25) is 0 Å². The van der Waals surface area contributed by atoms with Gasteiger partial charge in [-0.1, -0.05) is 23.7 Å². The molecular weight excluding hydrogens is 296 g/mol. The lowest BCUT2D eigenvalue weighted by Crippen LogP contribution is -2.30. The summed E-state index contributed by atoms with van der Waals surface area (Å²) in [7, 11) is 0. The first-order valence-electron chi connectivity index (χ1n) is 6.16. The van der Waals surface area contributed by atoms with E-state index in [0.717, 1.165) is 5.56 Å². The largest absolute Gasteiger partial charge is 0.388 e. The predicted molar refractivity (Wildman–Crippen MR) is 82.4 cm³/mol. The van der Waals surface area contributed by atoms with Crippen molar-refractivity contribution in [2.24, 2.45) is 0 Å². The van der Waals surface area contributed by atoms with E-state index in [0.29, 0.717) is 23.7 Å². The Kier molecular flexibility index (Phi) is 5.40. The zero-order valence-corrected chi connectivity index (χ0v) is 12.2. The maximum Gasteiger partial charge on any atom is 0.319 e. The van der Waals surface area contributed by atoms with E-state index in [4.69, 9.17) is 11.6 Å². The predicted octanol–water partition coefficient (Wildman–Crippen LogP) is 3.65. The molecule has 0 saturated heterocycles. The van der Waals surface area contributed by atoms with Crippen molar-refractivity contribution in [2.75, 3.05) is 11.9 Å². The molecule has 1 atom stereocenters. The van der Waals surface area contributed by atoms with Crippen LogP contribution in [0.2, 0.25) is 5.02 Å². The van der Waals surface area contributed by atoms with E-state index in [9.17, 15) is 9.90 Å². The van der Waals surface area contributed by atoms with E-state index in [2.05, 4.69) is 10.6 Å². The number of carbonyl (C=O) groups is 1. The highest BCUT2D eigenvalue weighted by Gasteiger charge is 2.09. The van der Waals surface area contributed by atoms with Crippen molar-refractivity contribution in [2.45, 2.75) is 12.5 Å². The Morgan fingerprint density at radius 3 is 2.85 bits per heavy atom. The number of aliphatic hydroxyl groups excluding tert-OH is 1. The van der Waals surface area contributed by atoms with Crippen LogP contribution in [0.4, 0.5) is 10.5 Å². The molecule has 2 amide bonds. The third kappa shape index (κ3) is 4.23. The number of aliphatic hydroxyl groups is 1. The van der Waals surface area contributed by atoms with Crippen LogP contribution in [0.15, 0.2) is 41.1 Å². The van der Waals surface area contributed by atoms with Crippen LogP contribution in [-0.4, -0.2) is 17.7 Å². The highest BCUT2D eigenvalue weighted by Crippen LogP contribution is 2.20. The summed E-state index contributed by atoms with van der Waals surface area (Å²) < 4.78 is 0. The average molecular weight is 311 g/mol. The molecule has 4 nitrogen and oxygen atoms in total. The van der Waals surface area contributed by atoms with Gasteiger partial charge in [-0.2, -0.15) is 11.3 Å². The second kappa shape index (κ2) is 7.28. The first-order valence-corrected chi connectivity index (χ1v) is 7.48. The fourth-order valence-electron chi connectivity index (χ4n) is 1.68. The van der Waals surface area contributed by atoms with Gasteiger partial charge in [-0.3, -0.25) is 0 Å². The molecule has 6 heteroatoms. The van der Waals surface area contributed by atoms with Crippen molar-refractivity contribution in [3.63, 3.8) is 0 Å². The zero-order valence-electron chi connectivity index (χ0n) is 10.7. The van der Waals surface area contributed by atoms with Crippen molar-refractivity contribution in [3.8, 4) is 0 Å². The van der Waals surface area contributed by atoms with E-state index in [1.165, 1.54) is 11.3 Å². The van der Waals surface area contributed by atoms with Crippen LogP contribution in [0.3, 0.4) is 0 Å². The Balaban J connectivity index is 1.74. The molecule has 0 saturated carbocycles. The van der Waals surface area contributed by atoms with Crippen LogP contribution in [0, 0.1) is 0 Å². The van der Waals surface area contributed by atoms with Gasteiger partial charge in [0.05, 0.1) is 16.8 Å². The molecule has 0 radical (unpaired) electrons. The van der Waals surface area contributed by atoms with Gasteiger partial charge in [-0.05, 0) is 40.9 Å². The lowest BCUT2D eigenvalue weighted by atomic mass is 10.1. The summed E-state index contributed by atoms with van der Waals surface area (Å²) in [5.74, 6) is 0. The number of benzene rings is 1. The van der Waals surface area contributed by atoms with Gasteiger partial charge < -0.3 is 15.7 Å². The van der Waals surface area contributed by atoms with Crippen LogP contribution in [0.5, 0.6) is 0 Å². The number of hydrogen-bond acceptors (Lipinski definition) is 3. The maximum atomic E-state index is 11.7. The van der Waals surface area contributed by atoms with E-state index in [1.807, 2.05) is 16.8 Å². The minimum Gasteiger partial charge on any atom is -0.388 e. The number of hydrogen-bond donors (Lipinski definition) is 3. The number of nitrogens with one attached hydrogen (secondary N) is 2. The van der Waals surface area contributed by atoms with Crippen molar-refractivity contribution in [1.29, 1.82) is 0 Å². The molecule has 3 N–H and O–H groups in total. The normalized spacial score (nSPS) is 11.9. The fraction of sp³-hybridized carbons (Fsp3) is 0.214. The number of halogens is 1. The van der Waals surface area contributed by atoms with Crippen molar-refractivity contribution >= 4 is 34.7 Å². The van der Waals surface area contributed by atoms with Gasteiger partial charge in [0.25, 0.3) is 0 Å². The smallest absolute Gasteiger partial charge is 0.319 e. The SMILES string of the molecule is O=C(NCCC(O)c1ccsc1)Nc1ccccc1Cl. The standard InChI is InChI=1S/C14H15ClN2O2S/c15-11-3-1-2-4-12(11)17-14(19)16-7-5-13(18)10-6-8-20-9-10/h1-4,6,8-9,13,18H,5,7H2,(H2,16,17,19). The number of anilines is 1. The molecule has 20 heavy (non-hydrogen) atoms. The molecule has 106 valence electrons. The maximum absolute atomic E-state index is 11.7. The first-order chi connectivity index (χ1) is 9.66. The molecule has 1 unspecified atom stereocenters. The lowest BCUT2D eigenvalue weighted by molar-refractivity contribution is 0.168. The summed E-state index contributed by atoms with van der Waals surface area (Å²) in [5.41, 5.74) is 1.44. The number of amides is 2. The molecule has 1 aromatic heterocycles. The summed E-state index contributed by atoms with van der Waals surface area (Å²) in [6.07, 6.45) is -0.0889. The second-order valence-electron chi connectivity index (χ2n) is 4.22. The Labute approximate surface area is 126 Å². The molecule has 0 spiro atoms. The van der Waals surface area contributed by atoms with Crippen LogP contribution in [0.1, 0.15) is 18.1 Å². The minimum absolute atomic E-state index is 0.337. The molecule has 0 aliphatic heterocycles. The Bertz CT molecular complexity index is 560. The summed E-state index contributed by atoms with van der Waals surface area (Å²) >= 11 is 7.48. The van der Waals surface area contributed by atoms with E-state index < -0.39 is 6.10 Å². The van der Waals surface area contributed by atoms with Gasteiger partial charge in [0.1, 0.15) is 0 Å². The van der Waals surface area contributed by atoms with Crippen LogP contribution in [0.25, 0.3) is 0 Å². The molecule has 2 aromatic rings. The number of urea groups is 1. The highest BCUT2D eigenvalue weighted by molar-refractivity contribution is 7.07. The molecule has 0 bridgehead atoms. The topological polar surface area (TPSA) is 61.4 Å². The summed E-state index contributed by atoms with van der Waals surface area (Å²) in [4.78, 5) is 11.7. The zero-order chi connectivity index (χ0) is 14.4. The quantitative estimate of drug-likeness (QED) is 0.789. The van der Waals surface area contributed by atoms with E-state index in [-0.39, 0.29) is 6.03 Å². The fourth-order valence-corrected chi connectivity index (χ4v) is 2.57. The molecule has 0 fully saturated rings. The third-order valence-corrected chi connectivity index (χ3v) is 3.78. The van der Waals surface area contributed by atoms with Crippen LogP contribution < -0.4 is 10.6 Å². The molecule has 0 aliphatic rings. The van der Waals surface area contributed by atoms with E-state index >= 15 is 0 Å². The van der Waals surface area contributed by atoms with Gasteiger partial charge in [-0.15, -0.1) is 0 Å². The third-order valence-electron chi connectivity index (χ3n) is 2.75. The summed E-state index contributed by atoms with van der Waals surface area (Å²) in [6.45, 7) is 0.382. The van der Waals surface area contributed by atoms with Crippen molar-refractivity contribution < 1.29 is 9.90 Å². The summed E-state index contributed by atoms with van der Waals surface area (Å²) in [6, 6.07) is 8.55. The Hall–Kier alpha value is -1.56. The van der Waals surface area contributed by atoms with Gasteiger partial charge >= 0.3 is 6.03 Å². The van der Waals surface area contributed by atoms with Gasteiger partial charge in [0.15, 0.2) is 0 Å². The molecule has 1 aromatic carbocycles. The molecule has 0 aliphatic carbocycles. The Morgan fingerprint density at radius 1 is 1.35 bits per heavy atom. The molecular formula is C14H15ClN2O2S. The average Bonchev–Trinajstić information content (AvgIpc) is 2.95. The van der Waals surface area contributed by atoms with Gasteiger partial charge in [0, 0.05) is 6.54 Å². The lowest BCUT2D eigenvalue weighted by Gasteiger charge is -2.11. The number of thiophene rings is 1. The van der Waals surface area contributed by atoms with Crippen LogP contribution >= 0.6 is 22.9 Å². The number of carbonyl (C=O) groups excluding carboxylic acids is 1. The van der Waals surface area contributed by atoms with E-state index in [1.54, 1.807) is 24.3 Å². The molecule has 1 heterocycles. The molecule has 2 rings (SSSR count). The Morgan fingerprint density at radius 2 is 2.15 bits per heavy atom. The number of para-hydroxylation sites is 1. The summed E-state index contributed by atoms with van der Waals surface area (Å²) in [5, 5.41) is 19.5. The number of rotatable bonds is 5. The first kappa shape index (κ1) is 14.8. The van der Waals surface area contributed by atoms with Crippen LogP contribution in [-0.2, 0) is 0 Å². The monoisotopic (exact) mass is 310 g/mol. The highest BCUT2D eigenvalue weighted by atomic mass is 35.5. The second-order valence-corrected chi connectivity index (χ2v) is 5.41. The van der Waals surface area contributed by atoms with Gasteiger partial charge in [-0.25, -0.2) is 4.79 Å². The minimum atomic E-state index is -0.554. The van der Waals surface area contributed by atoms with Crippen molar-refractivity contribution in [1.82, 2.24) is 5.32 Å².